The second-order valence-corrected chi connectivity index (χ2v) is 3.59. The summed E-state index contributed by atoms with van der Waals surface area (Å²) in [7, 11) is 2.01. The van der Waals surface area contributed by atoms with E-state index >= 15 is 0 Å². The third-order valence-corrected chi connectivity index (χ3v) is 2.38. The van der Waals surface area contributed by atoms with E-state index in [1.54, 1.807) is 0 Å². The van der Waals surface area contributed by atoms with E-state index in [0.29, 0.717) is 0 Å². The first kappa shape index (κ1) is 12.9. The average Bonchev–Trinajstić information content (AvgIpc) is 2.16. The summed E-state index contributed by atoms with van der Waals surface area (Å²) < 4.78 is 5.52. The third kappa shape index (κ3) is 8.26. The molecule has 0 bridgehead atoms. The van der Waals surface area contributed by atoms with E-state index in [2.05, 4.69) is 19.2 Å². The lowest BCUT2D eigenvalue weighted by Gasteiger charge is -2.13. The number of unbranched alkanes of at least 4 members (excludes halogenated alkanes) is 1. The molecule has 0 fully saturated rings. The van der Waals surface area contributed by atoms with Gasteiger partial charge in [-0.25, -0.2) is 0 Å². The molecule has 1 N–H and O–H groups in total. The van der Waals surface area contributed by atoms with Crippen LogP contribution >= 0.6 is 0 Å². The molecule has 0 aliphatic heterocycles. The molecule has 0 amide bonds. The largest absolute Gasteiger partial charge is 0.381 e. The van der Waals surface area contributed by atoms with Gasteiger partial charge >= 0.3 is 0 Å². The highest BCUT2D eigenvalue weighted by Gasteiger charge is 2.03. The van der Waals surface area contributed by atoms with Gasteiger partial charge in [0.1, 0.15) is 0 Å². The normalized spacial score (nSPS) is 13.2. The molecule has 0 radical (unpaired) electrons. The second-order valence-electron chi connectivity index (χ2n) is 3.59. The Morgan fingerprint density at radius 2 is 2.00 bits per heavy atom. The van der Waals surface area contributed by atoms with E-state index in [9.17, 15) is 0 Å². The van der Waals surface area contributed by atoms with Crippen LogP contribution in [-0.4, -0.2) is 26.8 Å². The molecule has 2 heteroatoms. The molecule has 80 valence electrons. The molecular weight excluding hydrogens is 162 g/mol. The van der Waals surface area contributed by atoms with Crippen molar-refractivity contribution in [3.05, 3.63) is 0 Å². The van der Waals surface area contributed by atoms with Gasteiger partial charge in [-0.05, 0) is 32.4 Å². The Labute approximate surface area is 83.1 Å². The Morgan fingerprint density at radius 3 is 2.54 bits per heavy atom. The lowest BCUT2D eigenvalue weighted by Crippen LogP contribution is -2.19. The van der Waals surface area contributed by atoms with E-state index in [-0.39, 0.29) is 0 Å². The summed E-state index contributed by atoms with van der Waals surface area (Å²) in [6.45, 7) is 7.42. The summed E-state index contributed by atoms with van der Waals surface area (Å²) in [6, 6.07) is 0. The highest BCUT2D eigenvalue weighted by molar-refractivity contribution is 4.58. The van der Waals surface area contributed by atoms with Crippen LogP contribution in [0, 0.1) is 5.92 Å². The fraction of sp³-hybridized carbons (Fsp3) is 1.00. The molecule has 0 spiro atoms. The molecule has 0 aliphatic carbocycles. The zero-order valence-corrected chi connectivity index (χ0v) is 9.44. The van der Waals surface area contributed by atoms with Crippen LogP contribution < -0.4 is 5.32 Å². The van der Waals surface area contributed by atoms with E-state index in [4.69, 9.17) is 4.74 Å². The Balaban J connectivity index is 3.17. The number of hydrogen-bond donors (Lipinski definition) is 1. The Hall–Kier alpha value is -0.0800. The Bertz CT molecular complexity index is 96.1. The van der Waals surface area contributed by atoms with E-state index in [0.717, 1.165) is 25.7 Å². The van der Waals surface area contributed by atoms with Gasteiger partial charge in [-0.2, -0.15) is 0 Å². The molecule has 0 aliphatic rings. The number of rotatable bonds is 9. The van der Waals surface area contributed by atoms with Crippen molar-refractivity contribution >= 4 is 0 Å². The summed E-state index contributed by atoms with van der Waals surface area (Å²) in [5.74, 6) is 0.784. The zero-order chi connectivity index (χ0) is 9.94. The van der Waals surface area contributed by atoms with Crippen molar-refractivity contribution in [2.24, 2.45) is 5.92 Å². The van der Waals surface area contributed by atoms with Gasteiger partial charge in [0.15, 0.2) is 0 Å². The van der Waals surface area contributed by atoms with Gasteiger partial charge in [-0.3, -0.25) is 0 Å². The van der Waals surface area contributed by atoms with Crippen LogP contribution in [0.15, 0.2) is 0 Å². The van der Waals surface area contributed by atoms with Crippen LogP contribution in [0.3, 0.4) is 0 Å². The van der Waals surface area contributed by atoms with Gasteiger partial charge in [0.2, 0.25) is 0 Å². The minimum absolute atomic E-state index is 0.784. The molecule has 0 rings (SSSR count). The summed E-state index contributed by atoms with van der Waals surface area (Å²) in [5.41, 5.74) is 0. The second kappa shape index (κ2) is 10.0. The minimum atomic E-state index is 0.784. The molecule has 0 aromatic carbocycles. The predicted molar refractivity (Wildman–Crippen MR) is 58.1 cm³/mol. The molecule has 0 saturated carbocycles. The van der Waals surface area contributed by atoms with Crippen molar-refractivity contribution < 1.29 is 4.74 Å². The van der Waals surface area contributed by atoms with E-state index in [1.165, 1.54) is 25.7 Å². The number of ether oxygens (including phenoxy) is 1. The van der Waals surface area contributed by atoms with Crippen molar-refractivity contribution in [1.29, 1.82) is 0 Å². The first-order chi connectivity index (χ1) is 6.35. The van der Waals surface area contributed by atoms with Crippen LogP contribution in [0.25, 0.3) is 0 Å². The molecule has 2 nitrogen and oxygen atoms in total. The van der Waals surface area contributed by atoms with E-state index in [1.807, 2.05) is 7.05 Å². The topological polar surface area (TPSA) is 21.3 Å². The average molecular weight is 187 g/mol. The highest BCUT2D eigenvalue weighted by Crippen LogP contribution is 2.06. The van der Waals surface area contributed by atoms with Crippen LogP contribution in [-0.2, 0) is 4.74 Å². The maximum absolute atomic E-state index is 5.52. The SMILES string of the molecule is CCCCOCCC(CC)CNC. The highest BCUT2D eigenvalue weighted by atomic mass is 16.5. The summed E-state index contributed by atoms with van der Waals surface area (Å²) in [4.78, 5) is 0. The van der Waals surface area contributed by atoms with Crippen LogP contribution in [0.2, 0.25) is 0 Å². The lowest BCUT2D eigenvalue weighted by atomic mass is 10.0. The molecule has 0 aromatic rings. The first-order valence-electron chi connectivity index (χ1n) is 5.57. The number of hydrogen-bond acceptors (Lipinski definition) is 2. The van der Waals surface area contributed by atoms with Crippen LogP contribution in [0.4, 0.5) is 0 Å². The minimum Gasteiger partial charge on any atom is -0.381 e. The molecule has 0 aromatic heterocycles. The quantitative estimate of drug-likeness (QED) is 0.560. The van der Waals surface area contributed by atoms with Crippen molar-refractivity contribution in [1.82, 2.24) is 5.32 Å². The number of nitrogens with one attached hydrogen (secondary N) is 1. The maximum Gasteiger partial charge on any atom is 0.0469 e. The van der Waals surface area contributed by atoms with E-state index < -0.39 is 0 Å². The van der Waals surface area contributed by atoms with Crippen LogP contribution in [0.1, 0.15) is 39.5 Å². The van der Waals surface area contributed by atoms with Crippen molar-refractivity contribution in [2.45, 2.75) is 39.5 Å². The van der Waals surface area contributed by atoms with Gasteiger partial charge in [0, 0.05) is 13.2 Å². The van der Waals surface area contributed by atoms with Gasteiger partial charge in [0.05, 0.1) is 0 Å². The smallest absolute Gasteiger partial charge is 0.0469 e. The Morgan fingerprint density at radius 1 is 1.23 bits per heavy atom. The van der Waals surface area contributed by atoms with Crippen molar-refractivity contribution in [3.63, 3.8) is 0 Å². The first-order valence-corrected chi connectivity index (χ1v) is 5.57. The summed E-state index contributed by atoms with van der Waals surface area (Å²) in [6.07, 6.45) is 4.87. The fourth-order valence-electron chi connectivity index (χ4n) is 1.34. The standard InChI is InChI=1S/C11H25NO/c1-4-6-8-13-9-7-11(5-2)10-12-3/h11-12H,4-10H2,1-3H3. The summed E-state index contributed by atoms with van der Waals surface area (Å²) >= 11 is 0. The van der Waals surface area contributed by atoms with Gasteiger partial charge in [0.25, 0.3) is 0 Å². The van der Waals surface area contributed by atoms with Crippen LogP contribution in [0.5, 0.6) is 0 Å². The predicted octanol–water partition coefficient (Wildman–Crippen LogP) is 2.44. The summed E-state index contributed by atoms with van der Waals surface area (Å²) in [5, 5.41) is 3.22. The zero-order valence-electron chi connectivity index (χ0n) is 9.44. The molecular formula is C11H25NO. The third-order valence-electron chi connectivity index (χ3n) is 2.38. The fourth-order valence-corrected chi connectivity index (χ4v) is 1.34. The van der Waals surface area contributed by atoms with Gasteiger partial charge in [-0.1, -0.05) is 26.7 Å². The molecule has 1 atom stereocenters. The molecule has 0 heterocycles. The van der Waals surface area contributed by atoms with Crippen molar-refractivity contribution in [3.8, 4) is 0 Å². The maximum atomic E-state index is 5.52. The monoisotopic (exact) mass is 187 g/mol. The lowest BCUT2D eigenvalue weighted by molar-refractivity contribution is 0.116. The Kier molecular flexibility index (Phi) is 9.94. The van der Waals surface area contributed by atoms with Gasteiger partial charge in [-0.15, -0.1) is 0 Å². The molecule has 0 saturated heterocycles. The van der Waals surface area contributed by atoms with Gasteiger partial charge < -0.3 is 10.1 Å². The molecule has 13 heavy (non-hydrogen) atoms. The van der Waals surface area contributed by atoms with Crippen molar-refractivity contribution in [2.75, 3.05) is 26.8 Å². The molecule has 1 unspecified atom stereocenters.